The highest BCUT2D eigenvalue weighted by Crippen LogP contribution is 2.24. The molecule has 2 rings (SSSR count). The molecule has 1 atom stereocenters. The first kappa shape index (κ1) is 17.9. The summed E-state index contributed by atoms with van der Waals surface area (Å²) >= 11 is 0.869. The molecule has 1 aromatic carbocycles. The van der Waals surface area contributed by atoms with Crippen molar-refractivity contribution < 1.29 is 14.5 Å². The van der Waals surface area contributed by atoms with Gasteiger partial charge in [-0.3, -0.25) is 14.9 Å². The number of thiophene rings is 1. The molecule has 8 heteroatoms. The highest BCUT2D eigenvalue weighted by Gasteiger charge is 2.18. The molecule has 0 fully saturated rings. The van der Waals surface area contributed by atoms with Crippen molar-refractivity contribution in [3.05, 3.63) is 57.0 Å². The van der Waals surface area contributed by atoms with Crippen LogP contribution in [-0.2, 0) is 0 Å². The molecule has 0 saturated carbocycles. The topological polar surface area (TPSA) is 84.7 Å². The average molecular weight is 349 g/mol. The van der Waals surface area contributed by atoms with Crippen molar-refractivity contribution in [2.75, 3.05) is 27.7 Å². The average Bonchev–Trinajstić information content (AvgIpc) is 3.05. The van der Waals surface area contributed by atoms with Crippen LogP contribution in [0, 0.1) is 10.1 Å². The summed E-state index contributed by atoms with van der Waals surface area (Å²) in [5.41, 5.74) is 1.04. The summed E-state index contributed by atoms with van der Waals surface area (Å²) in [6.07, 6.45) is 0. The van der Waals surface area contributed by atoms with Gasteiger partial charge in [0.05, 0.1) is 23.0 Å². The van der Waals surface area contributed by atoms with Crippen LogP contribution in [0.25, 0.3) is 0 Å². The van der Waals surface area contributed by atoms with E-state index in [2.05, 4.69) is 5.32 Å². The second-order valence-corrected chi connectivity index (χ2v) is 6.42. The molecule has 1 heterocycles. The van der Waals surface area contributed by atoms with Gasteiger partial charge in [-0.05, 0) is 37.9 Å². The fourth-order valence-electron chi connectivity index (χ4n) is 2.25. The number of benzene rings is 1. The lowest BCUT2D eigenvalue weighted by atomic mass is 10.1. The van der Waals surface area contributed by atoms with Crippen LogP contribution < -0.4 is 10.1 Å². The summed E-state index contributed by atoms with van der Waals surface area (Å²) in [5, 5.41) is 13.5. The summed E-state index contributed by atoms with van der Waals surface area (Å²) in [6.45, 7) is 0.393. The van der Waals surface area contributed by atoms with Crippen LogP contribution in [0.1, 0.15) is 21.3 Å². The van der Waals surface area contributed by atoms with Crippen LogP contribution in [0.3, 0.4) is 0 Å². The first-order valence-electron chi connectivity index (χ1n) is 7.25. The molecule has 0 saturated heterocycles. The Kier molecular flexibility index (Phi) is 5.88. The lowest BCUT2D eigenvalue weighted by Gasteiger charge is -2.25. The van der Waals surface area contributed by atoms with E-state index in [9.17, 15) is 14.9 Å². The van der Waals surface area contributed by atoms with Crippen molar-refractivity contribution >= 4 is 22.2 Å². The molecule has 1 amide bonds. The van der Waals surface area contributed by atoms with Gasteiger partial charge in [0.25, 0.3) is 5.91 Å². The fraction of sp³-hybridized carbons (Fsp3) is 0.312. The Balaban J connectivity index is 2.04. The van der Waals surface area contributed by atoms with Crippen molar-refractivity contribution in [1.29, 1.82) is 0 Å². The van der Waals surface area contributed by atoms with Crippen molar-refractivity contribution in [1.82, 2.24) is 10.2 Å². The summed E-state index contributed by atoms with van der Waals surface area (Å²) in [4.78, 5) is 24.7. The number of carbonyl (C=O) groups is 1. The molecule has 1 aromatic heterocycles. The minimum absolute atomic E-state index is 0.0187. The Morgan fingerprint density at radius 2 is 1.96 bits per heavy atom. The van der Waals surface area contributed by atoms with Gasteiger partial charge in [-0.15, -0.1) is 0 Å². The van der Waals surface area contributed by atoms with Crippen LogP contribution in [0.4, 0.5) is 5.00 Å². The number of nitrogens with one attached hydrogen (secondary N) is 1. The van der Waals surface area contributed by atoms with E-state index in [-0.39, 0.29) is 17.0 Å². The minimum Gasteiger partial charge on any atom is -0.497 e. The van der Waals surface area contributed by atoms with Crippen molar-refractivity contribution in [2.24, 2.45) is 0 Å². The zero-order chi connectivity index (χ0) is 17.7. The summed E-state index contributed by atoms with van der Waals surface area (Å²) in [6, 6.07) is 10.4. The number of amides is 1. The second-order valence-electron chi connectivity index (χ2n) is 5.36. The molecule has 0 aliphatic rings. The minimum atomic E-state index is -0.499. The monoisotopic (exact) mass is 349 g/mol. The number of likely N-dealkylation sites (N-methyl/N-ethyl adjacent to an activating group) is 1. The molecule has 7 nitrogen and oxygen atoms in total. The van der Waals surface area contributed by atoms with E-state index in [0.29, 0.717) is 11.4 Å². The Morgan fingerprint density at radius 1 is 1.29 bits per heavy atom. The molecule has 128 valence electrons. The third-order valence-electron chi connectivity index (χ3n) is 3.58. The zero-order valence-electron chi connectivity index (χ0n) is 13.7. The second kappa shape index (κ2) is 7.89. The first-order chi connectivity index (χ1) is 11.4. The van der Waals surface area contributed by atoms with E-state index < -0.39 is 4.92 Å². The molecule has 2 aromatic rings. The van der Waals surface area contributed by atoms with Crippen molar-refractivity contribution in [3.8, 4) is 5.75 Å². The third-order valence-corrected chi connectivity index (χ3v) is 4.61. The molecular weight excluding hydrogens is 330 g/mol. The normalized spacial score (nSPS) is 12.0. The summed E-state index contributed by atoms with van der Waals surface area (Å²) in [5.74, 6) is 0.458. The number of nitro groups is 1. The summed E-state index contributed by atoms with van der Waals surface area (Å²) < 4.78 is 5.15. The van der Waals surface area contributed by atoms with E-state index >= 15 is 0 Å². The van der Waals surface area contributed by atoms with E-state index in [1.165, 1.54) is 12.1 Å². The predicted octanol–water partition coefficient (Wildman–Crippen LogP) is 2.70. The number of hydrogen-bond donors (Lipinski definition) is 1. The molecular formula is C16H19N3O4S. The van der Waals surface area contributed by atoms with Gasteiger partial charge in [-0.1, -0.05) is 23.5 Å². The Hall–Kier alpha value is -2.45. The van der Waals surface area contributed by atoms with Crippen LogP contribution in [0.5, 0.6) is 5.75 Å². The molecule has 0 bridgehead atoms. The van der Waals surface area contributed by atoms with Gasteiger partial charge in [0.2, 0.25) is 0 Å². The first-order valence-corrected chi connectivity index (χ1v) is 8.07. The zero-order valence-corrected chi connectivity index (χ0v) is 14.5. The van der Waals surface area contributed by atoms with Gasteiger partial charge in [-0.25, -0.2) is 0 Å². The maximum Gasteiger partial charge on any atom is 0.324 e. The Bertz CT molecular complexity index is 712. The molecule has 0 aliphatic carbocycles. The van der Waals surface area contributed by atoms with Crippen molar-refractivity contribution in [2.45, 2.75) is 6.04 Å². The lowest BCUT2D eigenvalue weighted by Crippen LogP contribution is -2.34. The number of methoxy groups -OCH3 is 1. The molecule has 1 unspecified atom stereocenters. The van der Waals surface area contributed by atoms with E-state index in [1.54, 1.807) is 7.11 Å². The highest BCUT2D eigenvalue weighted by molar-refractivity contribution is 7.17. The fourth-order valence-corrected chi connectivity index (χ4v) is 2.99. The van der Waals surface area contributed by atoms with Crippen LogP contribution in [-0.4, -0.2) is 43.5 Å². The Labute approximate surface area is 144 Å². The van der Waals surface area contributed by atoms with E-state index in [0.717, 1.165) is 22.6 Å². The van der Waals surface area contributed by atoms with Gasteiger partial charge in [0.15, 0.2) is 0 Å². The lowest BCUT2D eigenvalue weighted by molar-refractivity contribution is -0.380. The third kappa shape index (κ3) is 4.30. The van der Waals surface area contributed by atoms with Crippen LogP contribution in [0.15, 0.2) is 36.4 Å². The standard InChI is InChI=1S/C16H19N3O4S/c1-18(2)13(11-4-6-12(23-3)7-5-11)10-17-16(20)14-8-9-15(24-14)19(21)22/h4-9,13H,10H2,1-3H3,(H,17,20). The number of hydrogen-bond acceptors (Lipinski definition) is 6. The summed E-state index contributed by atoms with van der Waals surface area (Å²) in [7, 11) is 5.47. The van der Waals surface area contributed by atoms with E-state index in [1.807, 2.05) is 43.3 Å². The smallest absolute Gasteiger partial charge is 0.324 e. The number of rotatable bonds is 7. The van der Waals surface area contributed by atoms with E-state index in [4.69, 9.17) is 4.74 Å². The maximum absolute atomic E-state index is 12.2. The van der Waals surface area contributed by atoms with Gasteiger partial charge in [-0.2, -0.15) is 0 Å². The van der Waals surface area contributed by atoms with Gasteiger partial charge >= 0.3 is 5.00 Å². The predicted molar refractivity (Wildman–Crippen MR) is 92.7 cm³/mol. The molecule has 0 spiro atoms. The molecule has 0 aliphatic heterocycles. The highest BCUT2D eigenvalue weighted by atomic mass is 32.1. The quantitative estimate of drug-likeness (QED) is 0.614. The maximum atomic E-state index is 12.2. The molecule has 0 radical (unpaired) electrons. The number of nitrogens with zero attached hydrogens (tertiary/aromatic N) is 2. The largest absolute Gasteiger partial charge is 0.497 e. The SMILES string of the molecule is COc1ccc(C(CNC(=O)c2ccc([N+](=O)[O-])s2)N(C)C)cc1. The number of carbonyl (C=O) groups excluding carboxylic acids is 1. The molecule has 24 heavy (non-hydrogen) atoms. The van der Waals surface area contributed by atoms with Crippen LogP contribution >= 0.6 is 11.3 Å². The van der Waals surface area contributed by atoms with Gasteiger partial charge in [0.1, 0.15) is 5.75 Å². The van der Waals surface area contributed by atoms with Gasteiger partial charge < -0.3 is 15.0 Å². The molecule has 1 N–H and O–H groups in total. The van der Waals surface area contributed by atoms with Gasteiger partial charge in [0, 0.05) is 12.6 Å². The number of ether oxygens (including phenoxy) is 1. The van der Waals surface area contributed by atoms with Crippen LogP contribution in [0.2, 0.25) is 0 Å². The van der Waals surface area contributed by atoms with Crippen molar-refractivity contribution in [3.63, 3.8) is 0 Å². The Morgan fingerprint density at radius 3 is 2.46 bits per heavy atom.